The molecule has 1 rings (SSSR count). The van der Waals surface area contributed by atoms with Crippen molar-refractivity contribution in [2.75, 3.05) is 20.3 Å². The van der Waals surface area contributed by atoms with Crippen LogP contribution in [0.5, 0.6) is 5.75 Å². The predicted octanol–water partition coefficient (Wildman–Crippen LogP) is 0.734. The van der Waals surface area contributed by atoms with Crippen LogP contribution in [-0.2, 0) is 4.74 Å². The molecule has 0 aromatic heterocycles. The van der Waals surface area contributed by atoms with E-state index in [4.69, 9.17) is 4.74 Å². The maximum absolute atomic E-state index is 11.3. The molecule has 6 heteroatoms. The normalized spacial score (nSPS) is 10.8. The van der Waals surface area contributed by atoms with E-state index in [0.717, 1.165) is 6.07 Å². The molecule has 0 fully saturated rings. The Kier molecular flexibility index (Phi) is 4.41. The summed E-state index contributed by atoms with van der Waals surface area (Å²) in [5, 5.41) is 21.8. The third kappa shape index (κ3) is 3.32. The van der Waals surface area contributed by atoms with Crippen LogP contribution in [-0.4, -0.2) is 31.4 Å². The Labute approximate surface area is 92.3 Å². The van der Waals surface area contributed by atoms with Gasteiger partial charge in [-0.2, -0.15) is 0 Å². The van der Waals surface area contributed by atoms with Crippen LogP contribution in [0, 0.1) is 10.1 Å². The van der Waals surface area contributed by atoms with E-state index in [-0.39, 0.29) is 17.0 Å². The van der Waals surface area contributed by atoms with Crippen LogP contribution >= 0.6 is 0 Å². The summed E-state index contributed by atoms with van der Waals surface area (Å²) in [5.74, 6) is -0.285. The van der Waals surface area contributed by atoms with Gasteiger partial charge in [-0.15, -0.1) is 0 Å². The van der Waals surface area contributed by atoms with Crippen LogP contribution in [0.2, 0.25) is 0 Å². The lowest BCUT2D eigenvalue weighted by molar-refractivity contribution is -0.385. The van der Waals surface area contributed by atoms with E-state index in [0.29, 0.717) is 13.2 Å². The quantitative estimate of drug-likeness (QED) is 0.318. The Morgan fingerprint density at radius 3 is 2.94 bits per heavy atom. The van der Waals surface area contributed by atoms with Gasteiger partial charge < -0.3 is 9.84 Å². The highest BCUT2D eigenvalue weighted by molar-refractivity contribution is 5.84. The zero-order valence-corrected chi connectivity index (χ0v) is 8.75. The minimum atomic E-state index is -0.550. The van der Waals surface area contributed by atoms with Gasteiger partial charge in [0.15, 0.2) is 0 Å². The number of hydrogen-bond acceptors (Lipinski definition) is 5. The van der Waals surface area contributed by atoms with Crippen molar-refractivity contribution in [3.8, 4) is 5.75 Å². The van der Waals surface area contributed by atoms with E-state index in [1.165, 1.54) is 18.3 Å². The maximum atomic E-state index is 11.3. The molecule has 0 saturated heterocycles. The summed E-state index contributed by atoms with van der Waals surface area (Å²) in [7, 11) is 1.54. The zero-order valence-electron chi connectivity index (χ0n) is 8.75. The smallest absolute Gasteiger partial charge is 0.270 e. The van der Waals surface area contributed by atoms with Gasteiger partial charge in [0.2, 0.25) is 0 Å². The van der Waals surface area contributed by atoms with Crippen molar-refractivity contribution in [2.45, 2.75) is 0 Å². The van der Waals surface area contributed by atoms with E-state index >= 15 is 0 Å². The number of hydrogen-bond donors (Lipinski definition) is 0. The van der Waals surface area contributed by atoms with Gasteiger partial charge in [0.1, 0.15) is 0 Å². The summed E-state index contributed by atoms with van der Waals surface area (Å²) in [5.41, 5.74) is 0.0955. The third-order valence-electron chi connectivity index (χ3n) is 1.86. The summed E-state index contributed by atoms with van der Waals surface area (Å²) in [6, 6.07) is 3.54. The van der Waals surface area contributed by atoms with Gasteiger partial charge in [0, 0.05) is 25.5 Å². The molecule has 0 aliphatic carbocycles. The Balaban J connectivity index is 2.82. The molecule has 0 saturated carbocycles. The number of ether oxygens (including phenoxy) is 1. The molecule has 86 valence electrons. The van der Waals surface area contributed by atoms with Crippen molar-refractivity contribution in [1.29, 1.82) is 0 Å². The first-order valence-corrected chi connectivity index (χ1v) is 4.59. The second-order valence-electron chi connectivity index (χ2n) is 3.01. The predicted molar refractivity (Wildman–Crippen MR) is 56.9 cm³/mol. The molecule has 0 heterocycles. The largest absolute Gasteiger partial charge is 0.872 e. The first kappa shape index (κ1) is 12.1. The monoisotopic (exact) mass is 223 g/mol. The summed E-state index contributed by atoms with van der Waals surface area (Å²) in [6.45, 7) is 0.859. The molecule has 6 nitrogen and oxygen atoms in total. The molecule has 0 radical (unpaired) electrons. The number of methoxy groups -OCH3 is 1. The molecular weight excluding hydrogens is 212 g/mol. The first-order valence-electron chi connectivity index (χ1n) is 4.59. The fourth-order valence-corrected chi connectivity index (χ4v) is 1.06. The fraction of sp³-hybridized carbons (Fsp3) is 0.300. The van der Waals surface area contributed by atoms with E-state index in [2.05, 4.69) is 4.99 Å². The second-order valence-corrected chi connectivity index (χ2v) is 3.01. The number of nitrogens with zero attached hydrogens (tertiary/aromatic N) is 2. The zero-order chi connectivity index (χ0) is 12.0. The molecule has 0 bridgehead atoms. The highest BCUT2D eigenvalue weighted by atomic mass is 16.6. The molecule has 0 atom stereocenters. The minimum Gasteiger partial charge on any atom is -0.872 e. The molecule has 0 amide bonds. The average molecular weight is 223 g/mol. The molecule has 0 aliphatic heterocycles. The molecule has 1 aromatic carbocycles. The topological polar surface area (TPSA) is 87.8 Å². The molecule has 0 spiro atoms. The average Bonchev–Trinajstić information content (AvgIpc) is 2.26. The molecule has 16 heavy (non-hydrogen) atoms. The number of nitro benzene ring substituents is 1. The maximum Gasteiger partial charge on any atom is 0.270 e. The lowest BCUT2D eigenvalue weighted by atomic mass is 10.2. The number of benzene rings is 1. The van der Waals surface area contributed by atoms with E-state index < -0.39 is 4.92 Å². The lowest BCUT2D eigenvalue weighted by Crippen LogP contribution is -1.99. The molecular formula is C10H11N2O4-. The highest BCUT2D eigenvalue weighted by Crippen LogP contribution is 2.18. The van der Waals surface area contributed by atoms with Gasteiger partial charge in [0.25, 0.3) is 5.69 Å². The van der Waals surface area contributed by atoms with Gasteiger partial charge in [-0.25, -0.2) is 0 Å². The van der Waals surface area contributed by atoms with Gasteiger partial charge in [0.05, 0.1) is 18.1 Å². The van der Waals surface area contributed by atoms with Crippen molar-refractivity contribution in [3.63, 3.8) is 0 Å². The first-order chi connectivity index (χ1) is 7.65. The van der Waals surface area contributed by atoms with Crippen molar-refractivity contribution in [1.82, 2.24) is 0 Å². The molecule has 0 unspecified atom stereocenters. The second kappa shape index (κ2) is 5.82. The standard InChI is InChI=1S/C10H12N2O4/c1-16-5-4-11-7-8-6-9(12(14)15)2-3-10(8)13/h2-3,6-7,13H,4-5H2,1H3/p-1. The van der Waals surface area contributed by atoms with Crippen LogP contribution in [0.1, 0.15) is 5.56 Å². The van der Waals surface area contributed by atoms with Gasteiger partial charge >= 0.3 is 0 Å². The number of nitro groups is 1. The molecule has 0 N–H and O–H groups in total. The van der Waals surface area contributed by atoms with Crippen LogP contribution in [0.4, 0.5) is 5.69 Å². The summed E-state index contributed by atoms with van der Waals surface area (Å²) < 4.78 is 4.77. The van der Waals surface area contributed by atoms with Crippen molar-refractivity contribution in [2.24, 2.45) is 4.99 Å². The van der Waals surface area contributed by atoms with Crippen molar-refractivity contribution < 1.29 is 14.8 Å². The minimum absolute atomic E-state index is 0.118. The van der Waals surface area contributed by atoms with Gasteiger partial charge in [-0.1, -0.05) is 11.8 Å². The third-order valence-corrected chi connectivity index (χ3v) is 1.86. The van der Waals surface area contributed by atoms with Crippen LogP contribution < -0.4 is 5.11 Å². The van der Waals surface area contributed by atoms with Crippen molar-refractivity contribution >= 4 is 11.9 Å². The SMILES string of the molecule is COCCN=Cc1cc([N+](=O)[O-])ccc1[O-]. The summed E-state index contributed by atoms with van der Waals surface area (Å²) in [4.78, 5) is 13.9. The van der Waals surface area contributed by atoms with E-state index in [1.54, 1.807) is 7.11 Å². The number of aliphatic imine (C=N–C) groups is 1. The van der Waals surface area contributed by atoms with Crippen molar-refractivity contribution in [3.05, 3.63) is 33.9 Å². The van der Waals surface area contributed by atoms with Crippen LogP contribution in [0.25, 0.3) is 0 Å². The van der Waals surface area contributed by atoms with Crippen LogP contribution in [0.3, 0.4) is 0 Å². The number of rotatable bonds is 5. The number of non-ortho nitro benzene ring substituents is 1. The summed E-state index contributed by atoms with van der Waals surface area (Å²) >= 11 is 0. The molecule has 1 aromatic rings. The Bertz CT molecular complexity index is 404. The Hall–Kier alpha value is -1.95. The molecule has 0 aliphatic rings. The summed E-state index contributed by atoms with van der Waals surface area (Å²) in [6.07, 6.45) is 1.33. The lowest BCUT2D eigenvalue weighted by Gasteiger charge is -2.08. The van der Waals surface area contributed by atoms with E-state index in [1.807, 2.05) is 0 Å². The Morgan fingerprint density at radius 1 is 1.56 bits per heavy atom. The highest BCUT2D eigenvalue weighted by Gasteiger charge is 2.04. The van der Waals surface area contributed by atoms with E-state index in [9.17, 15) is 15.2 Å². The van der Waals surface area contributed by atoms with Gasteiger partial charge in [-0.05, 0) is 5.56 Å². The Morgan fingerprint density at radius 2 is 2.31 bits per heavy atom. The fourth-order valence-electron chi connectivity index (χ4n) is 1.06. The van der Waals surface area contributed by atoms with Gasteiger partial charge in [-0.3, -0.25) is 15.1 Å². The van der Waals surface area contributed by atoms with Crippen LogP contribution in [0.15, 0.2) is 23.2 Å².